The molecule has 0 spiro atoms. The summed E-state index contributed by atoms with van der Waals surface area (Å²) in [5.41, 5.74) is 7.50. The third kappa shape index (κ3) is 3.50. The first-order chi connectivity index (χ1) is 13.5. The van der Waals surface area contributed by atoms with Crippen LogP contribution in [0.15, 0.2) is 42.5 Å². The largest absolute Gasteiger partial charge is 0.493 e. The van der Waals surface area contributed by atoms with Crippen LogP contribution in [0.3, 0.4) is 0 Å². The van der Waals surface area contributed by atoms with Crippen LogP contribution in [-0.4, -0.2) is 18.0 Å². The Morgan fingerprint density at radius 3 is 2.82 bits per heavy atom. The Morgan fingerprint density at radius 2 is 2.07 bits per heavy atom. The van der Waals surface area contributed by atoms with Crippen molar-refractivity contribution in [2.45, 2.75) is 18.9 Å². The molecule has 1 aliphatic heterocycles. The Bertz CT molecular complexity index is 1020. The lowest BCUT2D eigenvalue weighted by molar-refractivity contribution is -0.116. The van der Waals surface area contributed by atoms with Crippen LogP contribution in [0.5, 0.6) is 11.5 Å². The van der Waals surface area contributed by atoms with E-state index in [9.17, 15) is 9.18 Å². The van der Waals surface area contributed by atoms with E-state index in [-0.39, 0.29) is 30.7 Å². The molecule has 3 aromatic rings. The minimum Gasteiger partial charge on any atom is -0.493 e. The quantitative estimate of drug-likeness (QED) is 0.679. The van der Waals surface area contributed by atoms with E-state index in [4.69, 9.17) is 15.2 Å². The molecule has 0 saturated heterocycles. The smallest absolute Gasteiger partial charge is 0.226 e. The number of halogens is 1. The van der Waals surface area contributed by atoms with Crippen molar-refractivity contribution in [3.8, 4) is 11.5 Å². The number of carbonyl (C=O) groups is 1. The molecule has 0 radical (unpaired) electrons. The standard InChI is InChI=1S/C20H18FN3O3S/c1-26-15-4-2-3-13(17(15)27-10-11-5-7-12(21)8-6-11)14-9-16(25)23-19-18(14)28-20(22)24-19/h2-8,14H,9-10H2,1H3,(H2,22,24)(H,23,25)/t14-/m0/s1. The highest BCUT2D eigenvalue weighted by Gasteiger charge is 2.32. The van der Waals surface area contributed by atoms with Crippen molar-refractivity contribution in [3.05, 3.63) is 64.3 Å². The first-order valence-electron chi connectivity index (χ1n) is 8.65. The van der Waals surface area contributed by atoms with E-state index >= 15 is 0 Å². The Labute approximate surface area is 165 Å². The van der Waals surface area contributed by atoms with E-state index in [0.29, 0.717) is 22.4 Å². The van der Waals surface area contributed by atoms with Gasteiger partial charge >= 0.3 is 0 Å². The number of hydrogen-bond acceptors (Lipinski definition) is 6. The van der Waals surface area contributed by atoms with Crippen LogP contribution in [0.4, 0.5) is 15.3 Å². The van der Waals surface area contributed by atoms with Gasteiger partial charge in [0.05, 0.1) is 12.0 Å². The zero-order valence-electron chi connectivity index (χ0n) is 15.1. The molecule has 1 aliphatic rings. The Hall–Kier alpha value is -3.13. The summed E-state index contributed by atoms with van der Waals surface area (Å²) in [4.78, 5) is 17.3. The number of aromatic nitrogens is 1. The average Bonchev–Trinajstić information content (AvgIpc) is 3.06. The van der Waals surface area contributed by atoms with Gasteiger partial charge in [-0.3, -0.25) is 4.79 Å². The Kier molecular flexibility index (Phi) is 4.87. The van der Waals surface area contributed by atoms with Crippen molar-refractivity contribution in [1.29, 1.82) is 0 Å². The van der Waals surface area contributed by atoms with Crippen LogP contribution in [-0.2, 0) is 11.4 Å². The number of para-hydroxylation sites is 1. The molecule has 28 heavy (non-hydrogen) atoms. The SMILES string of the molecule is COc1cccc([C@@H]2CC(=O)Nc3nc(N)sc32)c1OCc1ccc(F)cc1. The van der Waals surface area contributed by atoms with Gasteiger partial charge in [-0.15, -0.1) is 0 Å². The highest BCUT2D eigenvalue weighted by molar-refractivity contribution is 7.16. The summed E-state index contributed by atoms with van der Waals surface area (Å²) in [5.74, 6) is 0.935. The molecule has 2 aromatic carbocycles. The summed E-state index contributed by atoms with van der Waals surface area (Å²) in [7, 11) is 1.56. The minimum absolute atomic E-state index is 0.130. The van der Waals surface area contributed by atoms with Crippen molar-refractivity contribution < 1.29 is 18.7 Å². The molecule has 4 rings (SSSR count). The van der Waals surface area contributed by atoms with Crippen LogP contribution in [0.2, 0.25) is 0 Å². The number of anilines is 2. The molecule has 1 atom stereocenters. The number of carbonyl (C=O) groups excluding carboxylic acids is 1. The van der Waals surface area contributed by atoms with E-state index in [1.54, 1.807) is 25.3 Å². The molecular weight excluding hydrogens is 381 g/mol. The number of fused-ring (bicyclic) bond motifs is 1. The minimum atomic E-state index is -0.301. The van der Waals surface area contributed by atoms with Gasteiger partial charge in [-0.25, -0.2) is 9.37 Å². The maximum atomic E-state index is 13.1. The van der Waals surface area contributed by atoms with Gasteiger partial charge in [-0.05, 0) is 23.8 Å². The van der Waals surface area contributed by atoms with Crippen LogP contribution >= 0.6 is 11.3 Å². The monoisotopic (exact) mass is 399 g/mol. The van der Waals surface area contributed by atoms with Gasteiger partial charge in [0.25, 0.3) is 0 Å². The molecule has 3 N–H and O–H groups in total. The van der Waals surface area contributed by atoms with Gasteiger partial charge in [0.2, 0.25) is 5.91 Å². The summed E-state index contributed by atoms with van der Waals surface area (Å²) >= 11 is 1.35. The van der Waals surface area contributed by atoms with Gasteiger partial charge in [-0.2, -0.15) is 0 Å². The molecule has 0 fully saturated rings. The molecule has 0 saturated carbocycles. The summed E-state index contributed by atoms with van der Waals surface area (Å²) in [6.07, 6.45) is 0.259. The molecule has 0 bridgehead atoms. The zero-order chi connectivity index (χ0) is 19.7. The van der Waals surface area contributed by atoms with Gasteiger partial charge in [0.15, 0.2) is 16.6 Å². The number of nitrogens with one attached hydrogen (secondary N) is 1. The van der Waals surface area contributed by atoms with Crippen molar-refractivity contribution in [2.75, 3.05) is 18.2 Å². The lowest BCUT2D eigenvalue weighted by atomic mass is 9.90. The lowest BCUT2D eigenvalue weighted by Gasteiger charge is -2.24. The number of amides is 1. The number of nitrogens with zero attached hydrogens (tertiary/aromatic N) is 1. The highest BCUT2D eigenvalue weighted by atomic mass is 32.1. The topological polar surface area (TPSA) is 86.5 Å². The zero-order valence-corrected chi connectivity index (χ0v) is 15.9. The number of nitrogen functional groups attached to an aromatic ring is 1. The number of ether oxygens (including phenoxy) is 2. The van der Waals surface area contributed by atoms with Gasteiger partial charge in [-0.1, -0.05) is 35.6 Å². The third-order valence-corrected chi connectivity index (χ3v) is 5.53. The number of rotatable bonds is 5. The Balaban J connectivity index is 1.71. The van der Waals surface area contributed by atoms with Gasteiger partial charge in [0, 0.05) is 17.9 Å². The van der Waals surface area contributed by atoms with E-state index in [2.05, 4.69) is 10.3 Å². The normalized spacial score (nSPS) is 15.6. The second kappa shape index (κ2) is 7.47. The second-order valence-electron chi connectivity index (χ2n) is 6.36. The second-order valence-corrected chi connectivity index (χ2v) is 7.43. The summed E-state index contributed by atoms with van der Waals surface area (Å²) in [6, 6.07) is 11.7. The van der Waals surface area contributed by atoms with Crippen molar-refractivity contribution in [1.82, 2.24) is 4.98 Å². The molecule has 1 aromatic heterocycles. The Morgan fingerprint density at radius 1 is 1.29 bits per heavy atom. The molecule has 144 valence electrons. The van der Waals surface area contributed by atoms with E-state index in [0.717, 1.165) is 16.0 Å². The summed E-state index contributed by atoms with van der Waals surface area (Å²) < 4.78 is 24.7. The van der Waals surface area contributed by atoms with Gasteiger partial charge < -0.3 is 20.5 Å². The molecule has 2 heterocycles. The first kappa shape index (κ1) is 18.2. The van der Waals surface area contributed by atoms with Crippen LogP contribution in [0, 0.1) is 5.82 Å². The van der Waals surface area contributed by atoms with Crippen molar-refractivity contribution in [3.63, 3.8) is 0 Å². The molecule has 0 aliphatic carbocycles. The maximum Gasteiger partial charge on any atom is 0.226 e. The van der Waals surface area contributed by atoms with Crippen LogP contribution < -0.4 is 20.5 Å². The van der Waals surface area contributed by atoms with Crippen LogP contribution in [0.1, 0.15) is 28.3 Å². The fourth-order valence-electron chi connectivity index (χ4n) is 3.25. The predicted molar refractivity (Wildman–Crippen MR) is 105 cm³/mol. The van der Waals surface area contributed by atoms with Crippen LogP contribution in [0.25, 0.3) is 0 Å². The fourth-order valence-corrected chi connectivity index (χ4v) is 4.15. The molecule has 6 nitrogen and oxygen atoms in total. The fraction of sp³-hybridized carbons (Fsp3) is 0.200. The van der Waals surface area contributed by atoms with Crippen molar-refractivity contribution >= 4 is 28.2 Å². The van der Waals surface area contributed by atoms with E-state index < -0.39 is 0 Å². The summed E-state index contributed by atoms with van der Waals surface area (Å²) in [5, 5.41) is 3.16. The number of benzene rings is 2. The first-order valence-corrected chi connectivity index (χ1v) is 9.47. The van der Waals surface area contributed by atoms with E-state index in [1.165, 1.54) is 23.5 Å². The third-order valence-electron chi connectivity index (χ3n) is 4.53. The molecule has 8 heteroatoms. The predicted octanol–water partition coefficient (Wildman–Crippen LogP) is 3.93. The van der Waals surface area contributed by atoms with Crippen molar-refractivity contribution in [2.24, 2.45) is 0 Å². The molecule has 0 unspecified atom stereocenters. The lowest BCUT2D eigenvalue weighted by Crippen LogP contribution is -2.23. The highest BCUT2D eigenvalue weighted by Crippen LogP contribution is 2.46. The number of methoxy groups -OCH3 is 1. The summed E-state index contributed by atoms with van der Waals surface area (Å²) in [6.45, 7) is 0.240. The number of thiazole rings is 1. The van der Waals surface area contributed by atoms with E-state index in [1.807, 2.05) is 12.1 Å². The molecular formula is C20H18FN3O3S. The number of hydrogen-bond donors (Lipinski definition) is 2. The average molecular weight is 399 g/mol. The maximum absolute atomic E-state index is 13.1. The molecule has 1 amide bonds. The number of nitrogens with two attached hydrogens (primary N) is 1. The van der Waals surface area contributed by atoms with Gasteiger partial charge in [0.1, 0.15) is 18.2 Å².